The van der Waals surface area contributed by atoms with E-state index in [2.05, 4.69) is 0 Å². The summed E-state index contributed by atoms with van der Waals surface area (Å²) in [4.78, 5) is 0. The molecule has 0 aliphatic heterocycles. The summed E-state index contributed by atoms with van der Waals surface area (Å²) in [7, 11) is 0. The molecular formula is C7H5ClFIO. The maximum absolute atomic E-state index is 12.6. The number of hydrogen-bond donors (Lipinski definition) is 1. The molecule has 0 radical (unpaired) electrons. The summed E-state index contributed by atoms with van der Waals surface area (Å²) in [6, 6.07) is 2.50. The highest BCUT2D eigenvalue weighted by atomic mass is 127. The van der Waals surface area contributed by atoms with Gasteiger partial charge in [0.1, 0.15) is 5.82 Å². The molecule has 1 nitrogen and oxygen atoms in total. The van der Waals surface area contributed by atoms with Crippen LogP contribution in [0.25, 0.3) is 0 Å². The van der Waals surface area contributed by atoms with Gasteiger partial charge in [-0.1, -0.05) is 11.6 Å². The van der Waals surface area contributed by atoms with Crippen molar-refractivity contribution in [1.29, 1.82) is 0 Å². The van der Waals surface area contributed by atoms with E-state index in [0.29, 0.717) is 14.2 Å². The zero-order chi connectivity index (χ0) is 8.43. The van der Waals surface area contributed by atoms with Crippen LogP contribution in [-0.4, -0.2) is 5.11 Å². The van der Waals surface area contributed by atoms with Crippen LogP contribution in [-0.2, 0) is 6.61 Å². The fourth-order valence-electron chi connectivity index (χ4n) is 0.724. The lowest BCUT2D eigenvalue weighted by Gasteiger charge is -2.02. The molecule has 0 amide bonds. The van der Waals surface area contributed by atoms with Crippen LogP contribution in [0.4, 0.5) is 4.39 Å². The Balaban J connectivity index is 3.24. The molecule has 0 aromatic heterocycles. The summed E-state index contributed by atoms with van der Waals surface area (Å²) >= 11 is 7.60. The average molecular weight is 286 g/mol. The van der Waals surface area contributed by atoms with Crippen molar-refractivity contribution < 1.29 is 9.50 Å². The third kappa shape index (κ3) is 2.04. The van der Waals surface area contributed by atoms with Crippen LogP contribution in [0.3, 0.4) is 0 Å². The maximum atomic E-state index is 12.6. The van der Waals surface area contributed by atoms with Gasteiger partial charge in [-0.15, -0.1) is 0 Å². The number of rotatable bonds is 1. The number of halogens is 3. The third-order valence-electron chi connectivity index (χ3n) is 1.24. The molecule has 0 unspecified atom stereocenters. The van der Waals surface area contributed by atoms with Crippen molar-refractivity contribution >= 4 is 34.2 Å². The quantitative estimate of drug-likeness (QED) is 0.621. The highest BCUT2D eigenvalue weighted by Crippen LogP contribution is 2.23. The number of hydrogen-bond acceptors (Lipinski definition) is 1. The van der Waals surface area contributed by atoms with Gasteiger partial charge < -0.3 is 5.11 Å². The van der Waals surface area contributed by atoms with Crippen LogP contribution >= 0.6 is 34.2 Å². The molecule has 0 fully saturated rings. The minimum Gasteiger partial charge on any atom is -0.392 e. The normalized spacial score (nSPS) is 10.2. The highest BCUT2D eigenvalue weighted by Gasteiger charge is 2.05. The second kappa shape index (κ2) is 3.69. The Bertz CT molecular complexity index is 277. The van der Waals surface area contributed by atoms with Crippen molar-refractivity contribution in [3.8, 4) is 0 Å². The molecule has 1 aromatic rings. The van der Waals surface area contributed by atoms with Gasteiger partial charge in [0.2, 0.25) is 0 Å². The number of aliphatic hydroxyl groups is 1. The Kier molecular flexibility index (Phi) is 3.09. The van der Waals surface area contributed by atoms with Crippen LogP contribution in [0.1, 0.15) is 5.56 Å². The van der Waals surface area contributed by atoms with Crippen LogP contribution in [0.5, 0.6) is 0 Å². The molecule has 11 heavy (non-hydrogen) atoms. The Labute approximate surface area is 82.3 Å². The molecule has 1 rings (SSSR count). The minimum atomic E-state index is -0.417. The fraction of sp³-hybridized carbons (Fsp3) is 0.143. The van der Waals surface area contributed by atoms with Crippen molar-refractivity contribution in [1.82, 2.24) is 0 Å². The lowest BCUT2D eigenvalue weighted by molar-refractivity contribution is 0.280. The Morgan fingerprint density at radius 3 is 2.73 bits per heavy atom. The average Bonchev–Trinajstić information content (AvgIpc) is 1.96. The van der Waals surface area contributed by atoms with E-state index in [4.69, 9.17) is 16.7 Å². The lowest BCUT2D eigenvalue weighted by atomic mass is 10.2. The summed E-state index contributed by atoms with van der Waals surface area (Å²) in [6.07, 6.45) is 0. The first kappa shape index (κ1) is 9.22. The van der Waals surface area contributed by atoms with Gasteiger partial charge in [0.05, 0.1) is 11.6 Å². The molecule has 0 saturated heterocycles. The van der Waals surface area contributed by atoms with Gasteiger partial charge in [-0.05, 0) is 40.3 Å². The van der Waals surface area contributed by atoms with Crippen molar-refractivity contribution in [2.75, 3.05) is 0 Å². The van der Waals surface area contributed by atoms with E-state index < -0.39 is 5.82 Å². The molecule has 0 bridgehead atoms. The van der Waals surface area contributed by atoms with Gasteiger partial charge in [-0.25, -0.2) is 4.39 Å². The molecule has 4 heteroatoms. The van der Waals surface area contributed by atoms with Crippen LogP contribution < -0.4 is 0 Å². The Hall–Kier alpha value is 0.130. The van der Waals surface area contributed by atoms with Gasteiger partial charge in [0.25, 0.3) is 0 Å². The molecule has 1 aromatic carbocycles. The van der Waals surface area contributed by atoms with Gasteiger partial charge in [-0.3, -0.25) is 0 Å². The largest absolute Gasteiger partial charge is 0.392 e. The van der Waals surface area contributed by atoms with E-state index in [1.54, 1.807) is 0 Å². The molecule has 0 aliphatic carbocycles. The molecule has 1 N–H and O–H groups in total. The van der Waals surface area contributed by atoms with Crippen molar-refractivity contribution in [3.05, 3.63) is 32.1 Å². The molecule has 0 heterocycles. The van der Waals surface area contributed by atoms with Gasteiger partial charge in [0.15, 0.2) is 0 Å². The first-order chi connectivity index (χ1) is 5.15. The topological polar surface area (TPSA) is 20.2 Å². The van der Waals surface area contributed by atoms with Crippen LogP contribution in [0.2, 0.25) is 5.02 Å². The van der Waals surface area contributed by atoms with E-state index in [1.807, 2.05) is 22.6 Å². The summed E-state index contributed by atoms with van der Waals surface area (Å²) in [5, 5.41) is 9.08. The smallest absolute Gasteiger partial charge is 0.125 e. The fourth-order valence-corrected chi connectivity index (χ4v) is 1.43. The van der Waals surface area contributed by atoms with Crippen LogP contribution in [0, 0.1) is 9.39 Å². The van der Waals surface area contributed by atoms with Crippen molar-refractivity contribution in [2.45, 2.75) is 6.61 Å². The SMILES string of the molecule is OCc1cc(F)cc(Cl)c1I. The van der Waals surface area contributed by atoms with E-state index in [9.17, 15) is 4.39 Å². The number of aliphatic hydroxyl groups excluding tert-OH is 1. The van der Waals surface area contributed by atoms with E-state index in [1.165, 1.54) is 12.1 Å². The van der Waals surface area contributed by atoms with Crippen LogP contribution in [0.15, 0.2) is 12.1 Å². The predicted octanol–water partition coefficient (Wildman–Crippen LogP) is 2.58. The monoisotopic (exact) mass is 286 g/mol. The summed E-state index contributed by atoms with van der Waals surface area (Å²) in [6.45, 7) is -0.185. The standard InChI is InChI=1S/C7H5ClFIO/c8-6-2-5(9)1-4(3-11)7(6)10/h1-2,11H,3H2. The first-order valence-corrected chi connectivity index (χ1v) is 4.35. The Morgan fingerprint density at radius 1 is 1.55 bits per heavy atom. The predicted molar refractivity (Wildman–Crippen MR) is 50.0 cm³/mol. The van der Waals surface area contributed by atoms with Gasteiger partial charge >= 0.3 is 0 Å². The minimum absolute atomic E-state index is 0.185. The van der Waals surface area contributed by atoms with Gasteiger partial charge in [-0.2, -0.15) is 0 Å². The second-order valence-corrected chi connectivity index (χ2v) is 3.50. The Morgan fingerprint density at radius 2 is 2.18 bits per heavy atom. The molecular weight excluding hydrogens is 281 g/mol. The molecule has 0 aliphatic rings. The van der Waals surface area contributed by atoms with E-state index in [0.717, 1.165) is 0 Å². The summed E-state index contributed by atoms with van der Waals surface area (Å²) in [5.41, 5.74) is 0.524. The van der Waals surface area contributed by atoms with Crippen molar-refractivity contribution in [3.63, 3.8) is 0 Å². The molecule has 0 saturated carbocycles. The molecule has 0 atom stereocenters. The highest BCUT2D eigenvalue weighted by molar-refractivity contribution is 14.1. The second-order valence-electron chi connectivity index (χ2n) is 2.02. The summed E-state index contributed by atoms with van der Waals surface area (Å²) in [5.74, 6) is -0.417. The third-order valence-corrected chi connectivity index (χ3v) is 3.13. The molecule has 0 spiro atoms. The zero-order valence-corrected chi connectivity index (χ0v) is 8.36. The molecule has 60 valence electrons. The maximum Gasteiger partial charge on any atom is 0.125 e. The van der Waals surface area contributed by atoms with E-state index in [-0.39, 0.29) is 6.61 Å². The lowest BCUT2D eigenvalue weighted by Crippen LogP contribution is -1.90. The zero-order valence-electron chi connectivity index (χ0n) is 5.44. The summed E-state index contributed by atoms with van der Waals surface area (Å²) < 4.78 is 13.3. The van der Waals surface area contributed by atoms with Gasteiger partial charge in [0, 0.05) is 3.57 Å². The number of benzene rings is 1. The van der Waals surface area contributed by atoms with E-state index >= 15 is 0 Å². The first-order valence-electron chi connectivity index (χ1n) is 2.89. The van der Waals surface area contributed by atoms with Crippen molar-refractivity contribution in [2.24, 2.45) is 0 Å².